The van der Waals surface area contributed by atoms with E-state index < -0.39 is 0 Å². The van der Waals surface area contributed by atoms with Crippen LogP contribution in [0.5, 0.6) is 5.75 Å². The van der Waals surface area contributed by atoms with E-state index in [1.54, 1.807) is 18.2 Å². The van der Waals surface area contributed by atoms with Crippen molar-refractivity contribution in [2.24, 2.45) is 0 Å². The molecule has 0 radical (unpaired) electrons. The second-order valence-electron chi connectivity index (χ2n) is 6.28. The van der Waals surface area contributed by atoms with Crippen molar-refractivity contribution in [3.63, 3.8) is 0 Å². The Morgan fingerprint density at radius 1 is 1.33 bits per heavy atom. The first-order valence-corrected chi connectivity index (χ1v) is 9.29. The van der Waals surface area contributed by atoms with Crippen LogP contribution in [0.15, 0.2) is 18.2 Å². The highest BCUT2D eigenvalue weighted by atomic mass is 35.5. The molecular weight excluding hydrogens is 347 g/mol. The number of likely N-dealkylation sites (N-methyl/N-ethyl adjacent to an activating group) is 2. The van der Waals surface area contributed by atoms with E-state index in [-0.39, 0.29) is 5.91 Å². The number of nitrogens with zero attached hydrogens (tertiary/aromatic N) is 1. The van der Waals surface area contributed by atoms with Gasteiger partial charge in [0.2, 0.25) is 5.91 Å². The first-order valence-electron chi connectivity index (χ1n) is 8.53. The largest absolute Gasteiger partial charge is 0.492 e. The summed E-state index contributed by atoms with van der Waals surface area (Å²) < 4.78 is 5.64. The monoisotopic (exact) mass is 372 g/mol. The van der Waals surface area contributed by atoms with Crippen molar-refractivity contribution in [3.05, 3.63) is 28.2 Å². The van der Waals surface area contributed by atoms with E-state index >= 15 is 0 Å². The molecule has 1 aromatic carbocycles. The number of benzene rings is 1. The Kier molecular flexibility index (Phi) is 7.66. The Hall–Kier alpha value is -0.970. The highest BCUT2D eigenvalue weighted by Gasteiger charge is 2.29. The van der Waals surface area contributed by atoms with Crippen LogP contribution < -0.4 is 10.1 Å². The number of hydrogen-bond donors (Lipinski definition) is 1. The van der Waals surface area contributed by atoms with Crippen molar-refractivity contribution in [2.75, 3.05) is 20.7 Å². The third kappa shape index (κ3) is 5.27. The van der Waals surface area contributed by atoms with Gasteiger partial charge in [0.15, 0.2) is 0 Å². The molecule has 1 fully saturated rings. The minimum atomic E-state index is 0.174. The number of ether oxygens (including phenoxy) is 1. The lowest BCUT2D eigenvalue weighted by Gasteiger charge is -2.38. The quantitative estimate of drug-likeness (QED) is 0.731. The Bertz CT molecular complexity index is 554. The second-order valence-corrected chi connectivity index (χ2v) is 7.12. The summed E-state index contributed by atoms with van der Waals surface area (Å²) in [4.78, 5) is 14.3. The Morgan fingerprint density at radius 3 is 2.79 bits per heavy atom. The molecule has 1 saturated carbocycles. The molecule has 0 bridgehead atoms. The molecule has 0 saturated heterocycles. The highest BCUT2D eigenvalue weighted by molar-refractivity contribution is 6.35. The van der Waals surface area contributed by atoms with Crippen LogP contribution >= 0.6 is 23.2 Å². The fourth-order valence-electron chi connectivity index (χ4n) is 3.27. The van der Waals surface area contributed by atoms with Crippen molar-refractivity contribution >= 4 is 29.1 Å². The Balaban J connectivity index is 1.76. The smallest absolute Gasteiger partial charge is 0.222 e. The van der Waals surface area contributed by atoms with Gasteiger partial charge in [-0.15, -0.1) is 0 Å². The summed E-state index contributed by atoms with van der Waals surface area (Å²) in [5.74, 6) is 0.775. The summed E-state index contributed by atoms with van der Waals surface area (Å²) in [6.07, 6.45) is 5.79. The highest BCUT2D eigenvalue weighted by Crippen LogP contribution is 2.27. The predicted octanol–water partition coefficient (Wildman–Crippen LogP) is 4.14. The summed E-state index contributed by atoms with van der Waals surface area (Å²) in [5, 5.41) is 4.42. The third-order valence-corrected chi connectivity index (χ3v) is 5.21. The van der Waals surface area contributed by atoms with Gasteiger partial charge in [0, 0.05) is 30.6 Å². The standard InChI is InChI=1S/C18H26Cl2N2O2/c1-21-15-6-3-4-7-16(15)22(2)18(23)8-5-11-24-17-10-9-13(19)12-14(17)20/h9-10,12,15-16,21H,3-8,11H2,1-2H3. The summed E-state index contributed by atoms with van der Waals surface area (Å²) in [6, 6.07) is 5.83. The first kappa shape index (κ1) is 19.4. The van der Waals surface area contributed by atoms with Crippen molar-refractivity contribution in [1.29, 1.82) is 0 Å². The molecule has 2 atom stereocenters. The molecule has 1 amide bonds. The molecule has 0 spiro atoms. The Morgan fingerprint density at radius 2 is 2.08 bits per heavy atom. The van der Waals surface area contributed by atoms with Crippen LogP contribution in [0.4, 0.5) is 0 Å². The van der Waals surface area contributed by atoms with Crippen molar-refractivity contribution < 1.29 is 9.53 Å². The van der Waals surface area contributed by atoms with Crippen LogP contribution in [0, 0.1) is 0 Å². The van der Waals surface area contributed by atoms with Gasteiger partial charge in [-0.2, -0.15) is 0 Å². The van der Waals surface area contributed by atoms with Gasteiger partial charge in [-0.05, 0) is 44.5 Å². The molecule has 0 heterocycles. The summed E-state index contributed by atoms with van der Waals surface area (Å²) in [5.41, 5.74) is 0. The second kappa shape index (κ2) is 9.50. The zero-order chi connectivity index (χ0) is 17.5. The molecule has 134 valence electrons. The number of carbonyl (C=O) groups is 1. The van der Waals surface area contributed by atoms with Gasteiger partial charge in [-0.1, -0.05) is 36.0 Å². The number of amides is 1. The van der Waals surface area contributed by atoms with Crippen molar-refractivity contribution in [1.82, 2.24) is 10.2 Å². The van der Waals surface area contributed by atoms with Crippen LogP contribution in [0.3, 0.4) is 0 Å². The lowest BCUT2D eigenvalue weighted by molar-refractivity contribution is -0.133. The molecule has 24 heavy (non-hydrogen) atoms. The summed E-state index contributed by atoms with van der Waals surface area (Å²) >= 11 is 11.9. The molecule has 1 aliphatic carbocycles. The maximum Gasteiger partial charge on any atom is 0.222 e. The molecule has 6 heteroatoms. The van der Waals surface area contributed by atoms with Crippen LogP contribution in [0.1, 0.15) is 38.5 Å². The van der Waals surface area contributed by atoms with Gasteiger partial charge in [-0.25, -0.2) is 0 Å². The van der Waals surface area contributed by atoms with E-state index in [1.165, 1.54) is 12.8 Å². The molecular formula is C18H26Cl2N2O2. The van der Waals surface area contributed by atoms with Crippen LogP contribution in [0.25, 0.3) is 0 Å². The molecule has 2 unspecified atom stereocenters. The lowest BCUT2D eigenvalue weighted by Crippen LogP contribution is -2.51. The molecule has 0 aromatic heterocycles. The van der Waals surface area contributed by atoms with Gasteiger partial charge in [0.1, 0.15) is 5.75 Å². The molecule has 1 N–H and O–H groups in total. The number of hydrogen-bond acceptors (Lipinski definition) is 3. The van der Waals surface area contributed by atoms with E-state index in [1.807, 2.05) is 19.0 Å². The SMILES string of the molecule is CNC1CCCCC1N(C)C(=O)CCCOc1ccc(Cl)cc1Cl. The van der Waals surface area contributed by atoms with Gasteiger partial charge < -0.3 is 15.0 Å². The molecule has 0 aliphatic heterocycles. The zero-order valence-electron chi connectivity index (χ0n) is 14.4. The van der Waals surface area contributed by atoms with Crippen molar-refractivity contribution in [2.45, 2.75) is 50.6 Å². The molecule has 2 rings (SSSR count). The molecule has 1 aliphatic rings. The van der Waals surface area contributed by atoms with Gasteiger partial charge >= 0.3 is 0 Å². The van der Waals surface area contributed by atoms with Crippen LogP contribution in [-0.2, 0) is 4.79 Å². The normalized spacial score (nSPS) is 20.7. The van der Waals surface area contributed by atoms with Crippen LogP contribution in [0.2, 0.25) is 10.0 Å². The fraction of sp³-hybridized carbons (Fsp3) is 0.611. The van der Waals surface area contributed by atoms with Gasteiger partial charge in [-0.3, -0.25) is 4.79 Å². The zero-order valence-corrected chi connectivity index (χ0v) is 15.9. The van der Waals surface area contributed by atoms with Gasteiger partial charge in [0.25, 0.3) is 0 Å². The average molecular weight is 373 g/mol. The van der Waals surface area contributed by atoms with Gasteiger partial charge in [0.05, 0.1) is 11.6 Å². The third-order valence-electron chi connectivity index (χ3n) is 4.68. The maximum absolute atomic E-state index is 12.4. The predicted molar refractivity (Wildman–Crippen MR) is 99.1 cm³/mol. The fourth-order valence-corrected chi connectivity index (χ4v) is 3.73. The van der Waals surface area contributed by atoms with E-state index in [0.717, 1.165) is 12.8 Å². The molecule has 1 aromatic rings. The number of carbonyl (C=O) groups excluding carboxylic acids is 1. The maximum atomic E-state index is 12.4. The average Bonchev–Trinajstić information content (AvgIpc) is 2.59. The molecule has 4 nitrogen and oxygen atoms in total. The van der Waals surface area contributed by atoms with E-state index in [4.69, 9.17) is 27.9 Å². The lowest BCUT2D eigenvalue weighted by atomic mass is 9.89. The Labute approximate surface area is 154 Å². The van der Waals surface area contributed by atoms with E-state index in [9.17, 15) is 4.79 Å². The summed E-state index contributed by atoms with van der Waals surface area (Å²) in [6.45, 7) is 0.459. The first-order chi connectivity index (χ1) is 11.5. The van der Waals surface area contributed by atoms with Crippen molar-refractivity contribution in [3.8, 4) is 5.75 Å². The topological polar surface area (TPSA) is 41.6 Å². The summed E-state index contributed by atoms with van der Waals surface area (Å²) in [7, 11) is 3.89. The number of nitrogens with one attached hydrogen (secondary N) is 1. The van der Waals surface area contributed by atoms with E-state index in [2.05, 4.69) is 5.32 Å². The number of rotatable bonds is 7. The number of halogens is 2. The van der Waals surface area contributed by atoms with Crippen LogP contribution in [-0.4, -0.2) is 43.6 Å². The minimum Gasteiger partial charge on any atom is -0.492 e. The van der Waals surface area contributed by atoms with E-state index in [0.29, 0.717) is 47.3 Å². The minimum absolute atomic E-state index is 0.174.